The number of ether oxygens (including phenoxy) is 2. The summed E-state index contributed by atoms with van der Waals surface area (Å²) in [6, 6.07) is 7.20. The number of sulfonamides is 1. The van der Waals surface area contributed by atoms with Crippen molar-refractivity contribution in [1.82, 2.24) is 9.62 Å². The second-order valence-electron chi connectivity index (χ2n) is 8.19. The van der Waals surface area contributed by atoms with E-state index >= 15 is 0 Å². The Bertz CT molecular complexity index is 810. The molecule has 0 saturated carbocycles. The average Bonchev–Trinajstić information content (AvgIpc) is 3.34. The van der Waals surface area contributed by atoms with Crippen LogP contribution in [0.25, 0.3) is 0 Å². The van der Waals surface area contributed by atoms with Gasteiger partial charge >= 0.3 is 0 Å². The van der Waals surface area contributed by atoms with Gasteiger partial charge in [0.1, 0.15) is 6.10 Å². The van der Waals surface area contributed by atoms with Crippen LogP contribution in [0.2, 0.25) is 0 Å². The summed E-state index contributed by atoms with van der Waals surface area (Å²) in [6.07, 6.45) is 3.52. The molecule has 0 spiro atoms. The van der Waals surface area contributed by atoms with E-state index in [0.29, 0.717) is 50.3 Å². The molecule has 9 heteroatoms. The summed E-state index contributed by atoms with van der Waals surface area (Å²) in [4.78, 5) is 14.7. The van der Waals surface area contributed by atoms with Crippen molar-refractivity contribution >= 4 is 21.6 Å². The van der Waals surface area contributed by atoms with Crippen LogP contribution in [0.15, 0.2) is 29.2 Å². The summed E-state index contributed by atoms with van der Waals surface area (Å²) >= 11 is 0. The van der Waals surface area contributed by atoms with Crippen molar-refractivity contribution in [3.63, 3.8) is 0 Å². The Morgan fingerprint density at radius 3 is 2.33 bits per heavy atom. The zero-order valence-electron chi connectivity index (χ0n) is 17.3. The van der Waals surface area contributed by atoms with Crippen LogP contribution in [0, 0.1) is 5.92 Å². The molecular weight excluding hydrogens is 406 g/mol. The molecule has 0 radical (unpaired) electrons. The lowest BCUT2D eigenvalue weighted by Crippen LogP contribution is -2.41. The highest BCUT2D eigenvalue weighted by molar-refractivity contribution is 7.89. The Kier molecular flexibility index (Phi) is 6.92. The van der Waals surface area contributed by atoms with Crippen LogP contribution in [0.3, 0.4) is 0 Å². The Hall–Kier alpha value is -1.68. The molecule has 1 amide bonds. The van der Waals surface area contributed by atoms with Crippen molar-refractivity contribution < 1.29 is 22.7 Å². The van der Waals surface area contributed by atoms with Gasteiger partial charge < -0.3 is 19.7 Å². The number of nitrogens with one attached hydrogen (secondary N) is 1. The SMILES string of the molecule is O=C(NCC1CCN(c2ccc(S(=O)(=O)N3CCOCC3)cc2)CC1)C1CCCO1. The molecule has 0 aromatic heterocycles. The molecule has 1 aromatic carbocycles. The molecule has 1 aromatic rings. The normalized spacial score (nSPS) is 24.1. The van der Waals surface area contributed by atoms with Crippen molar-refractivity contribution in [3.05, 3.63) is 24.3 Å². The molecule has 3 aliphatic heterocycles. The number of carbonyl (C=O) groups is 1. The minimum Gasteiger partial charge on any atom is -0.379 e. The second kappa shape index (κ2) is 9.64. The molecule has 1 atom stereocenters. The van der Waals surface area contributed by atoms with Crippen LogP contribution >= 0.6 is 0 Å². The lowest BCUT2D eigenvalue weighted by atomic mass is 9.96. The van der Waals surface area contributed by atoms with Crippen molar-refractivity contribution in [2.45, 2.75) is 36.7 Å². The topological polar surface area (TPSA) is 88.2 Å². The molecule has 1 N–H and O–H groups in total. The predicted molar refractivity (Wildman–Crippen MR) is 113 cm³/mol. The van der Waals surface area contributed by atoms with Crippen molar-refractivity contribution in [2.75, 3.05) is 57.4 Å². The van der Waals surface area contributed by atoms with Crippen molar-refractivity contribution in [3.8, 4) is 0 Å². The third-order valence-corrected chi connectivity index (χ3v) is 8.12. The number of hydrogen-bond donors (Lipinski definition) is 1. The summed E-state index contributed by atoms with van der Waals surface area (Å²) < 4.78 is 37.7. The molecule has 0 aliphatic carbocycles. The first-order chi connectivity index (χ1) is 14.5. The summed E-state index contributed by atoms with van der Waals surface area (Å²) in [7, 11) is -3.46. The van der Waals surface area contributed by atoms with E-state index in [1.807, 2.05) is 12.1 Å². The van der Waals surface area contributed by atoms with E-state index in [1.54, 1.807) is 12.1 Å². The van der Waals surface area contributed by atoms with E-state index in [9.17, 15) is 13.2 Å². The van der Waals surface area contributed by atoms with E-state index in [-0.39, 0.29) is 12.0 Å². The Morgan fingerprint density at radius 1 is 1.00 bits per heavy atom. The van der Waals surface area contributed by atoms with Gasteiger partial charge in [0.05, 0.1) is 18.1 Å². The lowest BCUT2D eigenvalue weighted by molar-refractivity contribution is -0.130. The molecule has 166 valence electrons. The molecule has 3 aliphatic rings. The highest BCUT2D eigenvalue weighted by Crippen LogP contribution is 2.26. The number of nitrogens with zero attached hydrogens (tertiary/aromatic N) is 2. The van der Waals surface area contributed by atoms with Crippen LogP contribution in [-0.4, -0.2) is 77.3 Å². The number of amides is 1. The third kappa shape index (κ3) is 4.96. The maximum Gasteiger partial charge on any atom is 0.249 e. The van der Waals surface area contributed by atoms with Crippen molar-refractivity contribution in [1.29, 1.82) is 0 Å². The van der Waals surface area contributed by atoms with Crippen LogP contribution in [0.4, 0.5) is 5.69 Å². The highest BCUT2D eigenvalue weighted by atomic mass is 32.2. The largest absolute Gasteiger partial charge is 0.379 e. The fourth-order valence-electron chi connectivity index (χ4n) is 4.30. The second-order valence-corrected chi connectivity index (χ2v) is 10.1. The van der Waals surface area contributed by atoms with Crippen LogP contribution in [-0.2, 0) is 24.3 Å². The maximum absolute atomic E-state index is 12.8. The molecule has 3 fully saturated rings. The number of carbonyl (C=O) groups excluding carboxylic acids is 1. The summed E-state index contributed by atoms with van der Waals surface area (Å²) in [5, 5.41) is 3.04. The Balaban J connectivity index is 1.27. The predicted octanol–water partition coefficient (Wildman–Crippen LogP) is 1.22. The Morgan fingerprint density at radius 2 is 1.70 bits per heavy atom. The van der Waals surface area contributed by atoms with Gasteiger partial charge in [0.15, 0.2) is 0 Å². The third-order valence-electron chi connectivity index (χ3n) is 6.21. The van der Waals surface area contributed by atoms with Gasteiger partial charge in [0, 0.05) is 45.0 Å². The molecular formula is C21H31N3O5S. The first-order valence-corrected chi connectivity index (χ1v) is 12.3. The van der Waals surface area contributed by atoms with Crippen LogP contribution in [0.5, 0.6) is 0 Å². The molecule has 3 heterocycles. The van der Waals surface area contributed by atoms with Gasteiger partial charge in [-0.1, -0.05) is 0 Å². The van der Waals surface area contributed by atoms with Gasteiger partial charge in [0.2, 0.25) is 15.9 Å². The monoisotopic (exact) mass is 437 g/mol. The number of benzene rings is 1. The van der Waals surface area contributed by atoms with E-state index in [4.69, 9.17) is 9.47 Å². The van der Waals surface area contributed by atoms with Gasteiger partial charge in [-0.3, -0.25) is 4.79 Å². The van der Waals surface area contributed by atoms with Gasteiger partial charge in [-0.25, -0.2) is 8.42 Å². The number of piperidine rings is 1. The van der Waals surface area contributed by atoms with Gasteiger partial charge in [-0.2, -0.15) is 4.31 Å². The zero-order chi connectivity index (χ0) is 21.0. The van der Waals surface area contributed by atoms with E-state index in [0.717, 1.165) is 44.5 Å². The molecule has 8 nitrogen and oxygen atoms in total. The minimum absolute atomic E-state index is 0.0204. The van der Waals surface area contributed by atoms with Gasteiger partial charge in [0.25, 0.3) is 0 Å². The highest BCUT2D eigenvalue weighted by Gasteiger charge is 2.27. The fraction of sp³-hybridized carbons (Fsp3) is 0.667. The standard InChI is InChI=1S/C21H31N3O5S/c25-21(20-2-1-13-29-20)22-16-17-7-9-23(10-8-17)18-3-5-19(6-4-18)30(26,27)24-11-14-28-15-12-24/h3-6,17,20H,1-2,7-16H2,(H,22,25). The number of morpholine rings is 1. The number of anilines is 1. The van der Waals surface area contributed by atoms with Gasteiger partial charge in [-0.15, -0.1) is 0 Å². The molecule has 3 saturated heterocycles. The van der Waals surface area contributed by atoms with Crippen LogP contribution in [0.1, 0.15) is 25.7 Å². The summed E-state index contributed by atoms with van der Waals surface area (Å²) in [5.41, 5.74) is 1.04. The quantitative estimate of drug-likeness (QED) is 0.720. The van der Waals surface area contributed by atoms with Crippen LogP contribution < -0.4 is 10.2 Å². The van der Waals surface area contributed by atoms with E-state index in [1.165, 1.54) is 4.31 Å². The summed E-state index contributed by atoms with van der Waals surface area (Å²) in [6.45, 7) is 4.88. The first-order valence-electron chi connectivity index (χ1n) is 10.9. The molecule has 0 bridgehead atoms. The molecule has 4 rings (SSSR count). The van der Waals surface area contributed by atoms with E-state index in [2.05, 4.69) is 10.2 Å². The number of rotatable bonds is 6. The minimum atomic E-state index is -3.46. The number of hydrogen-bond acceptors (Lipinski definition) is 6. The van der Waals surface area contributed by atoms with E-state index < -0.39 is 10.0 Å². The molecule has 30 heavy (non-hydrogen) atoms. The average molecular weight is 438 g/mol. The first kappa shape index (κ1) is 21.5. The fourth-order valence-corrected chi connectivity index (χ4v) is 5.71. The van der Waals surface area contributed by atoms with Gasteiger partial charge in [-0.05, 0) is 55.9 Å². The summed E-state index contributed by atoms with van der Waals surface area (Å²) in [5.74, 6) is 0.486. The zero-order valence-corrected chi connectivity index (χ0v) is 18.1. The van der Waals surface area contributed by atoms with Crippen molar-refractivity contribution in [2.24, 2.45) is 5.92 Å². The molecule has 1 unspecified atom stereocenters. The Labute approximate surface area is 178 Å². The maximum atomic E-state index is 12.8. The lowest BCUT2D eigenvalue weighted by Gasteiger charge is -2.34. The smallest absolute Gasteiger partial charge is 0.249 e.